The standard InChI is InChI=1S/C11H17N3O3S/c1-14(2)10-6-8(4-5-9(12)15)7-11(13-10)18(3,16)17/h6-7H,4-5H2,1-3H3,(H2,12,15). The van der Waals surface area contributed by atoms with Crippen LogP contribution in [0, 0.1) is 0 Å². The molecule has 2 N–H and O–H groups in total. The molecule has 0 atom stereocenters. The van der Waals surface area contributed by atoms with Gasteiger partial charge in [0.15, 0.2) is 14.9 Å². The van der Waals surface area contributed by atoms with Gasteiger partial charge in [0.2, 0.25) is 5.91 Å². The van der Waals surface area contributed by atoms with Crippen LogP contribution in [0.25, 0.3) is 0 Å². The van der Waals surface area contributed by atoms with Gasteiger partial charge in [0.05, 0.1) is 0 Å². The maximum atomic E-state index is 11.5. The van der Waals surface area contributed by atoms with Gasteiger partial charge in [-0.25, -0.2) is 13.4 Å². The second-order valence-corrected chi connectivity index (χ2v) is 6.27. The highest BCUT2D eigenvalue weighted by Gasteiger charge is 2.13. The van der Waals surface area contributed by atoms with Crippen molar-refractivity contribution in [3.05, 3.63) is 17.7 Å². The van der Waals surface area contributed by atoms with Crippen LogP contribution in [0.3, 0.4) is 0 Å². The number of rotatable bonds is 5. The average molecular weight is 271 g/mol. The van der Waals surface area contributed by atoms with Gasteiger partial charge in [0.25, 0.3) is 0 Å². The highest BCUT2D eigenvalue weighted by atomic mass is 32.2. The molecule has 100 valence electrons. The van der Waals surface area contributed by atoms with Crippen LogP contribution >= 0.6 is 0 Å². The van der Waals surface area contributed by atoms with Crippen molar-refractivity contribution in [1.29, 1.82) is 0 Å². The molecular weight excluding hydrogens is 254 g/mol. The minimum atomic E-state index is -3.37. The molecule has 0 saturated heterocycles. The number of nitrogens with two attached hydrogens (primary N) is 1. The van der Waals surface area contributed by atoms with Gasteiger partial charge in [0.1, 0.15) is 5.82 Å². The van der Waals surface area contributed by atoms with Gasteiger partial charge in [-0.2, -0.15) is 0 Å². The van der Waals surface area contributed by atoms with Crippen LogP contribution in [-0.4, -0.2) is 39.7 Å². The zero-order valence-corrected chi connectivity index (χ0v) is 11.5. The minimum absolute atomic E-state index is 0.00757. The summed E-state index contributed by atoms with van der Waals surface area (Å²) in [4.78, 5) is 16.5. The van der Waals surface area contributed by atoms with Crippen LogP contribution in [0.4, 0.5) is 5.82 Å². The Bertz CT molecular complexity index is 553. The zero-order chi connectivity index (χ0) is 13.9. The second kappa shape index (κ2) is 5.34. The van der Waals surface area contributed by atoms with E-state index in [1.807, 2.05) is 0 Å². The maximum absolute atomic E-state index is 11.5. The molecule has 18 heavy (non-hydrogen) atoms. The van der Waals surface area contributed by atoms with Crippen LogP contribution in [0.5, 0.6) is 0 Å². The first kappa shape index (κ1) is 14.4. The van der Waals surface area contributed by atoms with Gasteiger partial charge in [-0.15, -0.1) is 0 Å². The first-order valence-electron chi connectivity index (χ1n) is 5.37. The quantitative estimate of drug-likeness (QED) is 0.811. The van der Waals surface area contributed by atoms with E-state index in [-0.39, 0.29) is 11.4 Å². The van der Waals surface area contributed by atoms with Crippen LogP contribution in [0.15, 0.2) is 17.2 Å². The van der Waals surface area contributed by atoms with Crippen LogP contribution in [0.1, 0.15) is 12.0 Å². The number of aryl methyl sites for hydroxylation is 1. The molecule has 1 rings (SSSR count). The van der Waals surface area contributed by atoms with Crippen molar-refractivity contribution in [2.24, 2.45) is 5.73 Å². The third-order valence-electron chi connectivity index (χ3n) is 2.35. The summed E-state index contributed by atoms with van der Waals surface area (Å²) >= 11 is 0. The SMILES string of the molecule is CN(C)c1cc(CCC(N)=O)cc(S(C)(=O)=O)n1. The Balaban J connectivity index is 3.18. The molecule has 0 aromatic carbocycles. The summed E-state index contributed by atoms with van der Waals surface area (Å²) < 4.78 is 23.1. The molecule has 6 nitrogen and oxygen atoms in total. The van der Waals surface area contributed by atoms with Gasteiger partial charge in [-0.1, -0.05) is 0 Å². The molecule has 7 heteroatoms. The zero-order valence-electron chi connectivity index (χ0n) is 10.7. The van der Waals surface area contributed by atoms with Crippen molar-refractivity contribution in [1.82, 2.24) is 4.98 Å². The molecule has 0 aliphatic rings. The predicted octanol–water partition coefficient (Wildman–Crippen LogP) is -0.0310. The maximum Gasteiger partial charge on any atom is 0.217 e. The van der Waals surface area contributed by atoms with Crippen molar-refractivity contribution >= 4 is 21.6 Å². The number of hydrogen-bond donors (Lipinski definition) is 1. The Morgan fingerprint density at radius 2 is 2.00 bits per heavy atom. The van der Waals surface area contributed by atoms with E-state index in [0.29, 0.717) is 12.2 Å². The number of primary amides is 1. The Hall–Kier alpha value is -1.63. The number of hydrogen-bond acceptors (Lipinski definition) is 5. The summed E-state index contributed by atoms with van der Waals surface area (Å²) in [6.45, 7) is 0. The number of pyridine rings is 1. The highest BCUT2D eigenvalue weighted by molar-refractivity contribution is 7.90. The smallest absolute Gasteiger partial charge is 0.217 e. The molecule has 1 amide bonds. The van der Waals surface area contributed by atoms with E-state index in [1.165, 1.54) is 6.07 Å². The topological polar surface area (TPSA) is 93.4 Å². The normalized spacial score (nSPS) is 11.3. The number of anilines is 1. The molecule has 1 aromatic rings. The third-order valence-corrected chi connectivity index (χ3v) is 3.32. The number of amides is 1. The Kier molecular flexibility index (Phi) is 4.28. The van der Waals surface area contributed by atoms with E-state index in [4.69, 9.17) is 5.73 Å². The fourth-order valence-corrected chi connectivity index (χ4v) is 2.00. The van der Waals surface area contributed by atoms with Crippen molar-refractivity contribution in [3.8, 4) is 0 Å². The predicted molar refractivity (Wildman–Crippen MR) is 69.2 cm³/mol. The van der Waals surface area contributed by atoms with Crippen molar-refractivity contribution < 1.29 is 13.2 Å². The molecule has 0 spiro atoms. The molecule has 0 saturated carbocycles. The first-order chi connectivity index (χ1) is 8.20. The summed E-state index contributed by atoms with van der Waals surface area (Å²) in [7, 11) is 0.166. The van der Waals surface area contributed by atoms with E-state index in [9.17, 15) is 13.2 Å². The monoisotopic (exact) mass is 271 g/mol. The fraction of sp³-hybridized carbons (Fsp3) is 0.455. The van der Waals surface area contributed by atoms with Gasteiger partial charge in [0, 0.05) is 26.8 Å². The number of aromatic nitrogens is 1. The summed E-state index contributed by atoms with van der Waals surface area (Å²) in [5, 5.41) is 0.00757. The Labute approximate surface area is 107 Å². The lowest BCUT2D eigenvalue weighted by atomic mass is 10.1. The fourth-order valence-electron chi connectivity index (χ4n) is 1.37. The van der Waals surface area contributed by atoms with Crippen LogP contribution in [-0.2, 0) is 21.1 Å². The van der Waals surface area contributed by atoms with Gasteiger partial charge in [-0.3, -0.25) is 4.79 Å². The van der Waals surface area contributed by atoms with Crippen molar-refractivity contribution in [2.45, 2.75) is 17.9 Å². The molecular formula is C11H17N3O3S. The van der Waals surface area contributed by atoms with E-state index in [1.54, 1.807) is 25.1 Å². The van der Waals surface area contributed by atoms with Crippen LogP contribution in [0.2, 0.25) is 0 Å². The lowest BCUT2D eigenvalue weighted by Gasteiger charge is -2.14. The first-order valence-corrected chi connectivity index (χ1v) is 7.26. The Morgan fingerprint density at radius 1 is 1.39 bits per heavy atom. The average Bonchev–Trinajstić information content (AvgIpc) is 2.24. The lowest BCUT2D eigenvalue weighted by Crippen LogP contribution is -2.15. The number of nitrogens with zero attached hydrogens (tertiary/aromatic N) is 2. The largest absolute Gasteiger partial charge is 0.370 e. The second-order valence-electron chi connectivity index (χ2n) is 4.30. The van der Waals surface area contributed by atoms with Gasteiger partial charge < -0.3 is 10.6 Å². The highest BCUT2D eigenvalue weighted by Crippen LogP contribution is 2.17. The summed E-state index contributed by atoms with van der Waals surface area (Å²) in [5.41, 5.74) is 5.81. The molecule has 0 radical (unpaired) electrons. The van der Waals surface area contributed by atoms with Gasteiger partial charge in [-0.05, 0) is 24.1 Å². The van der Waals surface area contributed by atoms with E-state index in [0.717, 1.165) is 11.8 Å². The van der Waals surface area contributed by atoms with E-state index in [2.05, 4.69) is 4.98 Å². The number of sulfone groups is 1. The molecule has 0 fully saturated rings. The molecule has 0 aliphatic carbocycles. The lowest BCUT2D eigenvalue weighted by molar-refractivity contribution is -0.117. The van der Waals surface area contributed by atoms with Crippen molar-refractivity contribution in [2.75, 3.05) is 25.3 Å². The Morgan fingerprint density at radius 3 is 2.44 bits per heavy atom. The van der Waals surface area contributed by atoms with Gasteiger partial charge >= 0.3 is 0 Å². The molecule has 0 bridgehead atoms. The van der Waals surface area contributed by atoms with Crippen LogP contribution < -0.4 is 10.6 Å². The molecule has 1 heterocycles. The third kappa shape index (κ3) is 3.99. The van der Waals surface area contributed by atoms with E-state index >= 15 is 0 Å². The molecule has 1 aromatic heterocycles. The minimum Gasteiger partial charge on any atom is -0.370 e. The summed E-state index contributed by atoms with van der Waals surface area (Å²) in [6, 6.07) is 3.23. The summed E-state index contributed by atoms with van der Waals surface area (Å²) in [6.07, 6.45) is 1.69. The number of carbonyl (C=O) groups excluding carboxylic acids is 1. The summed E-state index contributed by atoms with van der Waals surface area (Å²) in [5.74, 6) is 0.122. The number of carbonyl (C=O) groups is 1. The van der Waals surface area contributed by atoms with Crippen molar-refractivity contribution in [3.63, 3.8) is 0 Å². The molecule has 0 unspecified atom stereocenters. The molecule has 0 aliphatic heterocycles. The van der Waals surface area contributed by atoms with E-state index < -0.39 is 15.7 Å².